The molecule has 33 heavy (non-hydrogen) atoms. The molecule has 5 rings (SSSR count). The van der Waals surface area contributed by atoms with Gasteiger partial charge in [-0.25, -0.2) is 4.39 Å². The van der Waals surface area contributed by atoms with E-state index < -0.39 is 0 Å². The maximum atomic E-state index is 13.6. The van der Waals surface area contributed by atoms with E-state index in [0.29, 0.717) is 12.0 Å². The highest BCUT2D eigenvalue weighted by atomic mass is 19.1. The zero-order valence-corrected chi connectivity index (χ0v) is 19.7. The number of hydrogen-bond acceptors (Lipinski definition) is 3. The predicted octanol–water partition coefficient (Wildman–Crippen LogP) is 5.80. The van der Waals surface area contributed by atoms with Gasteiger partial charge in [0.15, 0.2) is 0 Å². The fraction of sp³-hybridized carbons (Fsp3) is 0.379. The molecule has 0 aromatic heterocycles. The van der Waals surface area contributed by atoms with Crippen LogP contribution in [0.3, 0.4) is 0 Å². The molecule has 0 spiro atoms. The molecule has 2 atom stereocenters. The third-order valence-corrected chi connectivity index (χ3v) is 7.01. The molecule has 2 aliphatic rings. The van der Waals surface area contributed by atoms with Crippen LogP contribution in [-0.2, 0) is 6.54 Å². The van der Waals surface area contributed by atoms with E-state index in [-0.39, 0.29) is 11.7 Å². The van der Waals surface area contributed by atoms with Gasteiger partial charge in [-0.3, -0.25) is 0 Å². The summed E-state index contributed by atoms with van der Waals surface area (Å²) in [5.74, 6) is 0.746. The zero-order chi connectivity index (χ0) is 22.8. The van der Waals surface area contributed by atoms with E-state index in [9.17, 15) is 4.39 Å². The van der Waals surface area contributed by atoms with Crippen molar-refractivity contribution in [3.05, 3.63) is 95.3 Å². The van der Waals surface area contributed by atoms with E-state index in [2.05, 4.69) is 77.5 Å². The number of benzene rings is 3. The molecule has 4 heteroatoms. The molecular weight excluding hydrogens is 409 g/mol. The Morgan fingerprint density at radius 3 is 2.03 bits per heavy atom. The van der Waals surface area contributed by atoms with E-state index in [1.165, 1.54) is 41.2 Å². The van der Waals surface area contributed by atoms with Crippen LogP contribution in [0.2, 0.25) is 0 Å². The molecule has 172 valence electrons. The van der Waals surface area contributed by atoms with Gasteiger partial charge in [0.2, 0.25) is 0 Å². The monoisotopic (exact) mass is 443 g/mol. The highest BCUT2D eigenvalue weighted by molar-refractivity contribution is 5.55. The Labute approximate surface area is 197 Å². The first-order valence-electron chi connectivity index (χ1n) is 12.2. The van der Waals surface area contributed by atoms with Crippen LogP contribution in [0.15, 0.2) is 72.8 Å². The summed E-state index contributed by atoms with van der Waals surface area (Å²) in [5, 5.41) is 3.61. The Balaban J connectivity index is 1.22. The van der Waals surface area contributed by atoms with Gasteiger partial charge >= 0.3 is 0 Å². The van der Waals surface area contributed by atoms with Crippen molar-refractivity contribution in [3.8, 4) is 0 Å². The molecule has 0 aliphatic carbocycles. The quantitative estimate of drug-likeness (QED) is 0.315. The third kappa shape index (κ3) is 5.39. The van der Waals surface area contributed by atoms with Crippen LogP contribution in [0.5, 0.6) is 0 Å². The third-order valence-electron chi connectivity index (χ3n) is 7.01. The van der Waals surface area contributed by atoms with E-state index in [4.69, 9.17) is 0 Å². The maximum Gasteiger partial charge on any atom is 0.123 e. The summed E-state index contributed by atoms with van der Waals surface area (Å²) in [6.07, 6.45) is 0.967. The van der Waals surface area contributed by atoms with Crippen molar-refractivity contribution in [2.24, 2.45) is 5.92 Å². The standard InChI is InChI=1S/C29H34FN3/c1-21(2)29-20-33(29)27-13-7-24(8-14-27)28(23-5-9-25(30)10-6-23)15-16-31-19-22-3-11-26(12-4-22)32-17-18-32/h3-14,21,28-29,31H,15-20H2,1-2H3. The summed E-state index contributed by atoms with van der Waals surface area (Å²) >= 11 is 0. The van der Waals surface area contributed by atoms with Crippen LogP contribution in [-0.4, -0.2) is 32.2 Å². The van der Waals surface area contributed by atoms with Crippen molar-refractivity contribution in [2.75, 3.05) is 36.0 Å². The summed E-state index contributed by atoms with van der Waals surface area (Å²) < 4.78 is 13.6. The Bertz CT molecular complexity index is 1040. The fourth-order valence-electron chi connectivity index (χ4n) is 4.75. The Kier molecular flexibility index (Phi) is 6.37. The number of rotatable bonds is 10. The van der Waals surface area contributed by atoms with Crippen LogP contribution < -0.4 is 15.1 Å². The number of halogens is 1. The molecule has 2 heterocycles. The Morgan fingerprint density at radius 1 is 0.848 bits per heavy atom. The van der Waals surface area contributed by atoms with E-state index in [0.717, 1.165) is 26.1 Å². The lowest BCUT2D eigenvalue weighted by Gasteiger charge is -2.19. The Morgan fingerprint density at radius 2 is 1.45 bits per heavy atom. The summed E-state index contributed by atoms with van der Waals surface area (Å²) in [5.41, 5.74) is 6.39. The summed E-state index contributed by atoms with van der Waals surface area (Å²) in [6.45, 7) is 9.85. The molecule has 3 aromatic rings. The predicted molar refractivity (Wildman–Crippen MR) is 136 cm³/mol. The van der Waals surface area contributed by atoms with Gasteiger partial charge in [0.05, 0.1) is 0 Å². The summed E-state index contributed by atoms with van der Waals surface area (Å²) in [6, 6.07) is 25.5. The molecule has 3 nitrogen and oxygen atoms in total. The lowest BCUT2D eigenvalue weighted by Crippen LogP contribution is -2.18. The van der Waals surface area contributed by atoms with Crippen molar-refractivity contribution in [3.63, 3.8) is 0 Å². The molecule has 2 saturated heterocycles. The van der Waals surface area contributed by atoms with Crippen LogP contribution in [0.1, 0.15) is 42.9 Å². The van der Waals surface area contributed by atoms with Crippen LogP contribution in [0.4, 0.5) is 15.8 Å². The van der Waals surface area contributed by atoms with Crippen molar-refractivity contribution in [1.29, 1.82) is 0 Å². The zero-order valence-electron chi connectivity index (χ0n) is 19.7. The second kappa shape index (κ2) is 9.56. The first-order chi connectivity index (χ1) is 16.1. The number of anilines is 2. The molecule has 2 unspecified atom stereocenters. The smallest absolute Gasteiger partial charge is 0.123 e. The highest BCUT2D eigenvalue weighted by Gasteiger charge is 2.36. The van der Waals surface area contributed by atoms with Crippen molar-refractivity contribution in [1.82, 2.24) is 5.32 Å². The van der Waals surface area contributed by atoms with Gasteiger partial charge in [-0.1, -0.05) is 50.2 Å². The summed E-state index contributed by atoms with van der Waals surface area (Å²) in [4.78, 5) is 4.83. The van der Waals surface area contributed by atoms with Crippen molar-refractivity contribution in [2.45, 2.75) is 38.8 Å². The largest absolute Gasteiger partial charge is 0.368 e. The van der Waals surface area contributed by atoms with Gasteiger partial charge < -0.3 is 15.1 Å². The minimum absolute atomic E-state index is 0.182. The average molecular weight is 444 g/mol. The first-order valence-corrected chi connectivity index (χ1v) is 12.2. The van der Waals surface area contributed by atoms with Gasteiger partial charge in [0.1, 0.15) is 5.82 Å². The lowest BCUT2D eigenvalue weighted by atomic mass is 9.88. The van der Waals surface area contributed by atoms with Crippen LogP contribution in [0, 0.1) is 11.7 Å². The van der Waals surface area contributed by atoms with E-state index in [1.54, 1.807) is 12.1 Å². The minimum atomic E-state index is -0.182. The normalized spacial score (nSPS) is 18.0. The van der Waals surface area contributed by atoms with Gasteiger partial charge in [0.25, 0.3) is 0 Å². The van der Waals surface area contributed by atoms with Gasteiger partial charge in [-0.2, -0.15) is 0 Å². The molecule has 2 fully saturated rings. The van der Waals surface area contributed by atoms with Gasteiger partial charge in [0, 0.05) is 49.5 Å². The minimum Gasteiger partial charge on any atom is -0.368 e. The van der Waals surface area contributed by atoms with Gasteiger partial charge in [-0.15, -0.1) is 0 Å². The molecule has 0 bridgehead atoms. The highest BCUT2D eigenvalue weighted by Crippen LogP contribution is 2.35. The van der Waals surface area contributed by atoms with Gasteiger partial charge in [-0.05, 0) is 72.0 Å². The molecule has 1 N–H and O–H groups in total. The van der Waals surface area contributed by atoms with Crippen LogP contribution in [0.25, 0.3) is 0 Å². The van der Waals surface area contributed by atoms with Crippen molar-refractivity contribution < 1.29 is 4.39 Å². The lowest BCUT2D eigenvalue weighted by molar-refractivity contribution is 0.606. The SMILES string of the molecule is CC(C)C1CN1c1ccc(C(CCNCc2ccc(N3CC3)cc2)c2ccc(F)cc2)cc1. The second-order valence-corrected chi connectivity index (χ2v) is 9.78. The molecule has 0 saturated carbocycles. The topological polar surface area (TPSA) is 18.0 Å². The molecule has 0 radical (unpaired) electrons. The first kappa shape index (κ1) is 22.0. The number of hydrogen-bond donors (Lipinski definition) is 1. The molecule has 3 aromatic carbocycles. The summed E-state index contributed by atoms with van der Waals surface area (Å²) in [7, 11) is 0. The number of nitrogens with zero attached hydrogens (tertiary/aromatic N) is 2. The maximum absolute atomic E-state index is 13.6. The van der Waals surface area contributed by atoms with E-state index in [1.807, 2.05) is 12.1 Å². The molecule has 0 amide bonds. The molecule has 2 aliphatic heterocycles. The fourth-order valence-corrected chi connectivity index (χ4v) is 4.75. The van der Waals surface area contributed by atoms with E-state index >= 15 is 0 Å². The Hall–Kier alpha value is -2.85. The average Bonchev–Trinajstić information content (AvgIpc) is 3.74. The molecular formula is C29H34FN3. The van der Waals surface area contributed by atoms with Crippen molar-refractivity contribution >= 4 is 11.4 Å². The van der Waals surface area contributed by atoms with Crippen LogP contribution >= 0.6 is 0 Å². The second-order valence-electron chi connectivity index (χ2n) is 9.78. The number of nitrogens with one attached hydrogen (secondary N) is 1.